The molecule has 0 spiro atoms. The summed E-state index contributed by atoms with van der Waals surface area (Å²) in [5.41, 5.74) is 2.19. The number of aromatic nitrogens is 2. The molecule has 1 aromatic heterocycles. The maximum Gasteiger partial charge on any atom is 0.154 e. The van der Waals surface area contributed by atoms with Crippen molar-refractivity contribution in [2.24, 2.45) is 0 Å². The van der Waals surface area contributed by atoms with Crippen molar-refractivity contribution in [3.05, 3.63) is 54.6 Å². The van der Waals surface area contributed by atoms with E-state index in [0.717, 1.165) is 21.9 Å². The van der Waals surface area contributed by atoms with Crippen molar-refractivity contribution in [3.8, 4) is 16.9 Å². The number of hydrogen-bond acceptors (Lipinski definition) is 4. The van der Waals surface area contributed by atoms with Gasteiger partial charge in [-0.25, -0.2) is 9.97 Å². The maximum atomic E-state index is 11.0. The smallest absolute Gasteiger partial charge is 0.154 e. The molecule has 0 atom stereocenters. The van der Waals surface area contributed by atoms with E-state index in [1.165, 1.54) is 12.4 Å². The van der Waals surface area contributed by atoms with Gasteiger partial charge in [0, 0.05) is 18.0 Å². The first kappa shape index (κ1) is 13.7. The van der Waals surface area contributed by atoms with Crippen LogP contribution < -0.4 is 0 Å². The van der Waals surface area contributed by atoms with Crippen LogP contribution in [0.2, 0.25) is 0 Å². The minimum absolute atomic E-state index is 0. The van der Waals surface area contributed by atoms with Crippen LogP contribution in [0.25, 0.3) is 21.9 Å². The minimum atomic E-state index is -0.00158. The van der Waals surface area contributed by atoms with Gasteiger partial charge in [-0.3, -0.25) is 4.79 Å². The van der Waals surface area contributed by atoms with Crippen LogP contribution in [-0.4, -0.2) is 21.4 Å². The van der Waals surface area contributed by atoms with Crippen molar-refractivity contribution in [1.29, 1.82) is 0 Å². The van der Waals surface area contributed by atoms with Gasteiger partial charge in [-0.2, -0.15) is 0 Å². The molecule has 0 aliphatic heterocycles. The maximum absolute atomic E-state index is 11.0. The monoisotopic (exact) mass is 266 g/mol. The highest BCUT2D eigenvalue weighted by atomic mass is 16.3. The molecule has 4 heteroatoms. The molecule has 0 aliphatic rings. The number of carbonyl (C=O) groups excluding carboxylic acids is 1. The van der Waals surface area contributed by atoms with Crippen molar-refractivity contribution in [2.75, 3.05) is 0 Å². The zero-order valence-electron chi connectivity index (χ0n) is 9.95. The van der Waals surface area contributed by atoms with Gasteiger partial charge in [-0.1, -0.05) is 25.6 Å². The second-order valence-corrected chi connectivity index (χ2v) is 4.18. The summed E-state index contributed by atoms with van der Waals surface area (Å²) in [6, 6.07) is 8.96. The SMILES string of the molecule is C.O=Cc1c(O)ccc2cc(-c3cncnc3)ccc12. The standard InChI is InChI=1S/C15H10N2O2.CH4/c18-8-14-13-3-1-10(12-6-16-9-17-7-12)5-11(13)2-4-15(14)19;/h1-9,19H;1H4. The summed E-state index contributed by atoms with van der Waals surface area (Å²) in [6.45, 7) is 0. The molecular formula is C16H14N2O2. The number of aromatic hydroxyl groups is 1. The first-order valence-electron chi connectivity index (χ1n) is 5.76. The van der Waals surface area contributed by atoms with Crippen LogP contribution in [0.1, 0.15) is 17.8 Å². The Kier molecular flexibility index (Phi) is 3.75. The summed E-state index contributed by atoms with van der Waals surface area (Å²) < 4.78 is 0. The molecule has 0 amide bonds. The van der Waals surface area contributed by atoms with Crippen molar-refractivity contribution in [1.82, 2.24) is 9.97 Å². The van der Waals surface area contributed by atoms with E-state index >= 15 is 0 Å². The highest BCUT2D eigenvalue weighted by molar-refractivity contribution is 6.02. The molecule has 20 heavy (non-hydrogen) atoms. The van der Waals surface area contributed by atoms with Crippen LogP contribution in [-0.2, 0) is 0 Å². The van der Waals surface area contributed by atoms with Crippen LogP contribution in [0.5, 0.6) is 5.75 Å². The number of aldehydes is 1. The van der Waals surface area contributed by atoms with Crippen LogP contribution >= 0.6 is 0 Å². The number of carbonyl (C=O) groups is 1. The number of phenolic OH excluding ortho intramolecular Hbond substituents is 1. The number of rotatable bonds is 2. The zero-order chi connectivity index (χ0) is 13.2. The molecule has 0 saturated carbocycles. The van der Waals surface area contributed by atoms with Gasteiger partial charge >= 0.3 is 0 Å². The fourth-order valence-corrected chi connectivity index (χ4v) is 2.09. The van der Waals surface area contributed by atoms with E-state index in [2.05, 4.69) is 9.97 Å². The molecule has 0 fully saturated rings. The number of nitrogens with zero attached hydrogens (tertiary/aromatic N) is 2. The first-order valence-corrected chi connectivity index (χ1v) is 5.76. The molecule has 3 rings (SSSR count). The average molecular weight is 266 g/mol. The fourth-order valence-electron chi connectivity index (χ4n) is 2.09. The van der Waals surface area contributed by atoms with Crippen LogP contribution in [0, 0.1) is 0 Å². The van der Waals surface area contributed by atoms with E-state index in [0.29, 0.717) is 11.8 Å². The zero-order valence-corrected chi connectivity index (χ0v) is 9.95. The topological polar surface area (TPSA) is 63.1 Å². The van der Waals surface area contributed by atoms with Gasteiger partial charge in [0.05, 0.1) is 5.56 Å². The van der Waals surface area contributed by atoms with Crippen LogP contribution in [0.15, 0.2) is 49.1 Å². The lowest BCUT2D eigenvalue weighted by Gasteiger charge is -2.06. The van der Waals surface area contributed by atoms with Gasteiger partial charge in [0.2, 0.25) is 0 Å². The van der Waals surface area contributed by atoms with Gasteiger partial charge in [0.25, 0.3) is 0 Å². The Hall–Kier alpha value is -2.75. The molecule has 0 radical (unpaired) electrons. The van der Waals surface area contributed by atoms with E-state index in [1.807, 2.05) is 18.2 Å². The van der Waals surface area contributed by atoms with Crippen molar-refractivity contribution in [2.45, 2.75) is 7.43 Å². The minimum Gasteiger partial charge on any atom is -0.507 e. The lowest BCUT2D eigenvalue weighted by molar-refractivity contribution is 0.112. The second kappa shape index (κ2) is 5.48. The first-order chi connectivity index (χ1) is 9.29. The van der Waals surface area contributed by atoms with Crippen molar-refractivity contribution < 1.29 is 9.90 Å². The Morgan fingerprint density at radius 3 is 2.45 bits per heavy atom. The van der Waals surface area contributed by atoms with Gasteiger partial charge in [-0.05, 0) is 28.5 Å². The summed E-state index contributed by atoms with van der Waals surface area (Å²) >= 11 is 0. The predicted octanol–water partition coefficient (Wildman–Crippen LogP) is 3.45. The molecular weight excluding hydrogens is 252 g/mol. The number of hydrogen-bond donors (Lipinski definition) is 1. The van der Waals surface area contributed by atoms with E-state index in [9.17, 15) is 9.90 Å². The lowest BCUT2D eigenvalue weighted by Crippen LogP contribution is -1.87. The third-order valence-corrected chi connectivity index (χ3v) is 3.05. The molecule has 2 aromatic carbocycles. The van der Waals surface area contributed by atoms with Crippen LogP contribution in [0.4, 0.5) is 0 Å². The van der Waals surface area contributed by atoms with E-state index in [1.54, 1.807) is 18.5 Å². The van der Waals surface area contributed by atoms with Crippen molar-refractivity contribution in [3.63, 3.8) is 0 Å². The third kappa shape index (κ3) is 2.23. The molecule has 4 nitrogen and oxygen atoms in total. The Morgan fingerprint density at radius 2 is 1.75 bits per heavy atom. The predicted molar refractivity (Wildman–Crippen MR) is 78.8 cm³/mol. The Balaban J connectivity index is 0.00000147. The fraction of sp³-hybridized carbons (Fsp3) is 0.0625. The van der Waals surface area contributed by atoms with E-state index < -0.39 is 0 Å². The molecule has 1 N–H and O–H groups in total. The Labute approximate surface area is 116 Å². The largest absolute Gasteiger partial charge is 0.507 e. The summed E-state index contributed by atoms with van der Waals surface area (Å²) in [7, 11) is 0. The molecule has 0 bridgehead atoms. The van der Waals surface area contributed by atoms with Gasteiger partial charge in [0.1, 0.15) is 12.1 Å². The number of fused-ring (bicyclic) bond motifs is 1. The highest BCUT2D eigenvalue weighted by Gasteiger charge is 2.07. The molecule has 3 aromatic rings. The van der Waals surface area contributed by atoms with E-state index in [-0.39, 0.29) is 13.2 Å². The van der Waals surface area contributed by atoms with Crippen molar-refractivity contribution >= 4 is 17.1 Å². The normalized spacial score (nSPS) is 10.0. The highest BCUT2D eigenvalue weighted by Crippen LogP contribution is 2.29. The molecule has 1 heterocycles. The summed E-state index contributed by atoms with van der Waals surface area (Å²) in [6.07, 6.45) is 5.61. The third-order valence-electron chi connectivity index (χ3n) is 3.05. The van der Waals surface area contributed by atoms with Crippen LogP contribution in [0.3, 0.4) is 0 Å². The van der Waals surface area contributed by atoms with E-state index in [4.69, 9.17) is 0 Å². The summed E-state index contributed by atoms with van der Waals surface area (Å²) in [5.74, 6) is -0.00158. The molecule has 100 valence electrons. The Morgan fingerprint density at radius 1 is 1.00 bits per heavy atom. The summed E-state index contributed by atoms with van der Waals surface area (Å²) in [4.78, 5) is 19.0. The second-order valence-electron chi connectivity index (χ2n) is 4.18. The van der Waals surface area contributed by atoms with Gasteiger partial charge in [-0.15, -0.1) is 0 Å². The quantitative estimate of drug-likeness (QED) is 0.721. The molecule has 0 saturated heterocycles. The van der Waals surface area contributed by atoms with Gasteiger partial charge < -0.3 is 5.11 Å². The van der Waals surface area contributed by atoms with Gasteiger partial charge in [0.15, 0.2) is 6.29 Å². The molecule has 0 aliphatic carbocycles. The number of benzene rings is 2. The summed E-state index contributed by atoms with van der Waals surface area (Å²) in [5, 5.41) is 11.3. The molecule has 0 unspecified atom stereocenters. The lowest BCUT2D eigenvalue weighted by atomic mass is 10.00. The average Bonchev–Trinajstić information content (AvgIpc) is 2.47. The Bertz CT molecular complexity index is 755. The number of phenols is 1.